The summed E-state index contributed by atoms with van der Waals surface area (Å²) in [7, 11) is 0. The molecule has 1 unspecified atom stereocenters. The molecule has 1 N–H and O–H groups in total. The summed E-state index contributed by atoms with van der Waals surface area (Å²) in [5, 5.41) is 9.78. The second-order valence-corrected chi connectivity index (χ2v) is 8.07. The Morgan fingerprint density at radius 1 is 1.22 bits per heavy atom. The fraction of sp³-hybridized carbons (Fsp3) is 0.400. The molecule has 1 aromatic carbocycles. The fourth-order valence-corrected chi connectivity index (χ4v) is 4.14. The van der Waals surface area contributed by atoms with E-state index >= 15 is 0 Å². The van der Waals surface area contributed by atoms with E-state index in [1.807, 2.05) is 50.2 Å². The third kappa shape index (κ3) is 4.39. The van der Waals surface area contributed by atoms with Crippen molar-refractivity contribution in [2.45, 2.75) is 45.6 Å². The van der Waals surface area contributed by atoms with Crippen molar-refractivity contribution >= 4 is 5.97 Å². The number of pyridine rings is 1. The second kappa shape index (κ2) is 9.53. The minimum atomic E-state index is -0.860. The van der Waals surface area contributed by atoms with E-state index in [1.54, 1.807) is 12.3 Å². The molecular formula is C25H28N2O5. The zero-order valence-electron chi connectivity index (χ0n) is 18.4. The minimum Gasteiger partial charge on any atom is -0.481 e. The topological polar surface area (TPSA) is 94.7 Å². The summed E-state index contributed by atoms with van der Waals surface area (Å²) in [5.41, 5.74) is 1.70. The molecule has 0 bridgehead atoms. The Balaban J connectivity index is 1.38. The van der Waals surface area contributed by atoms with Crippen molar-refractivity contribution in [3.63, 3.8) is 0 Å². The van der Waals surface area contributed by atoms with E-state index in [9.17, 15) is 9.90 Å². The van der Waals surface area contributed by atoms with Gasteiger partial charge in [0, 0.05) is 36.4 Å². The monoisotopic (exact) mass is 436 g/mol. The van der Waals surface area contributed by atoms with Crippen LogP contribution in [-0.4, -0.2) is 34.3 Å². The lowest BCUT2D eigenvalue weighted by molar-refractivity contribution is -0.171. The Morgan fingerprint density at radius 3 is 2.59 bits per heavy atom. The molecule has 32 heavy (non-hydrogen) atoms. The average Bonchev–Trinajstić information content (AvgIpc) is 3.14. The smallest absolute Gasteiger partial charge is 0.312 e. The lowest BCUT2D eigenvalue weighted by atomic mass is 9.63. The van der Waals surface area contributed by atoms with E-state index in [4.69, 9.17) is 13.9 Å². The van der Waals surface area contributed by atoms with Crippen molar-refractivity contribution in [1.82, 2.24) is 9.97 Å². The van der Waals surface area contributed by atoms with Crippen LogP contribution in [0.15, 0.2) is 53.1 Å². The lowest BCUT2D eigenvalue weighted by Crippen LogP contribution is -2.44. The zero-order chi connectivity index (χ0) is 22.6. The maximum Gasteiger partial charge on any atom is 0.312 e. The normalized spacial score (nSPS) is 15.7. The van der Waals surface area contributed by atoms with Gasteiger partial charge in [0.2, 0.25) is 11.8 Å². The van der Waals surface area contributed by atoms with Crippen molar-refractivity contribution in [2.24, 2.45) is 5.41 Å². The first kappa shape index (κ1) is 22.0. The van der Waals surface area contributed by atoms with Crippen LogP contribution in [0.3, 0.4) is 0 Å². The van der Waals surface area contributed by atoms with E-state index in [0.29, 0.717) is 44.2 Å². The molecule has 1 fully saturated rings. The number of hydrogen-bond donors (Lipinski definition) is 1. The van der Waals surface area contributed by atoms with Crippen LogP contribution >= 0.6 is 0 Å². The molecule has 0 radical (unpaired) electrons. The number of benzene rings is 1. The van der Waals surface area contributed by atoms with Crippen LogP contribution in [0.4, 0.5) is 0 Å². The molecule has 0 spiro atoms. The second-order valence-electron chi connectivity index (χ2n) is 8.07. The number of aryl methyl sites for hydroxylation is 1. The molecule has 168 valence electrons. The van der Waals surface area contributed by atoms with E-state index in [-0.39, 0.29) is 0 Å². The standard InChI is InChI=1S/C25H28N2O5/c1-3-30-22(25(24(28)29)13-7-14-25)19-10-11-21(26-16-19)31-15-12-20-17(2)32-23(27-20)18-8-5-4-6-9-18/h4-6,8-11,16,22H,3,7,12-15H2,1-2H3,(H,28,29). The summed E-state index contributed by atoms with van der Waals surface area (Å²) in [6.07, 6.45) is 3.89. The maximum atomic E-state index is 11.9. The largest absolute Gasteiger partial charge is 0.481 e. The number of aromatic nitrogens is 2. The van der Waals surface area contributed by atoms with Gasteiger partial charge in [-0.1, -0.05) is 24.6 Å². The van der Waals surface area contributed by atoms with Crippen molar-refractivity contribution in [3.8, 4) is 17.3 Å². The predicted octanol–water partition coefficient (Wildman–Crippen LogP) is 5.00. The van der Waals surface area contributed by atoms with Gasteiger partial charge in [0.15, 0.2) is 0 Å². The summed E-state index contributed by atoms with van der Waals surface area (Å²) >= 11 is 0. The van der Waals surface area contributed by atoms with Crippen LogP contribution in [-0.2, 0) is 16.0 Å². The van der Waals surface area contributed by atoms with Crippen LogP contribution in [0, 0.1) is 12.3 Å². The van der Waals surface area contributed by atoms with Gasteiger partial charge in [-0.05, 0) is 44.9 Å². The molecule has 0 amide bonds. The Labute approximate surface area is 187 Å². The van der Waals surface area contributed by atoms with Crippen molar-refractivity contribution < 1.29 is 23.8 Å². The highest BCUT2D eigenvalue weighted by Gasteiger charge is 2.52. The Bertz CT molecular complexity index is 1040. The highest BCUT2D eigenvalue weighted by atomic mass is 16.5. The van der Waals surface area contributed by atoms with E-state index < -0.39 is 17.5 Å². The molecule has 4 rings (SSSR count). The number of hydrogen-bond acceptors (Lipinski definition) is 6. The maximum absolute atomic E-state index is 11.9. The third-order valence-corrected chi connectivity index (χ3v) is 6.07. The number of rotatable bonds is 10. The third-order valence-electron chi connectivity index (χ3n) is 6.07. The molecule has 7 nitrogen and oxygen atoms in total. The van der Waals surface area contributed by atoms with Crippen molar-refractivity contribution in [1.29, 1.82) is 0 Å². The Kier molecular flexibility index (Phi) is 6.55. The number of carboxylic acids is 1. The van der Waals surface area contributed by atoms with Crippen LogP contribution in [0.1, 0.15) is 49.3 Å². The SMILES string of the molecule is CCOC(c1ccc(OCCc2nc(-c3ccccc3)oc2C)nc1)C1(C(=O)O)CCC1. The van der Waals surface area contributed by atoms with Crippen molar-refractivity contribution in [3.05, 3.63) is 65.7 Å². The van der Waals surface area contributed by atoms with Gasteiger partial charge in [0.1, 0.15) is 11.9 Å². The van der Waals surface area contributed by atoms with Gasteiger partial charge in [-0.3, -0.25) is 4.79 Å². The molecule has 0 aliphatic heterocycles. The van der Waals surface area contributed by atoms with Gasteiger partial charge < -0.3 is 19.0 Å². The van der Waals surface area contributed by atoms with Crippen LogP contribution < -0.4 is 4.74 Å². The number of aliphatic carboxylic acids is 1. The van der Waals surface area contributed by atoms with Crippen LogP contribution in [0.2, 0.25) is 0 Å². The summed E-state index contributed by atoms with van der Waals surface area (Å²) in [6, 6.07) is 13.4. The Hall–Kier alpha value is -3.19. The number of ether oxygens (including phenoxy) is 2. The van der Waals surface area contributed by atoms with Gasteiger partial charge >= 0.3 is 5.97 Å². The van der Waals surface area contributed by atoms with Gasteiger partial charge in [0.05, 0.1) is 17.7 Å². The molecule has 0 saturated heterocycles. The molecule has 2 heterocycles. The van der Waals surface area contributed by atoms with Gasteiger partial charge in [0.25, 0.3) is 0 Å². The Morgan fingerprint density at radius 2 is 2.00 bits per heavy atom. The van der Waals surface area contributed by atoms with Crippen LogP contribution in [0.5, 0.6) is 5.88 Å². The molecule has 7 heteroatoms. The van der Waals surface area contributed by atoms with Gasteiger partial charge in [-0.15, -0.1) is 0 Å². The van der Waals surface area contributed by atoms with Gasteiger partial charge in [-0.25, -0.2) is 9.97 Å². The molecule has 1 aliphatic carbocycles. The van der Waals surface area contributed by atoms with E-state index in [1.165, 1.54) is 0 Å². The first-order chi connectivity index (χ1) is 15.5. The highest BCUT2D eigenvalue weighted by molar-refractivity contribution is 5.77. The molecule has 2 aromatic heterocycles. The number of carbonyl (C=O) groups is 1. The number of oxazole rings is 1. The predicted molar refractivity (Wildman–Crippen MR) is 118 cm³/mol. The molecule has 3 aromatic rings. The molecule has 1 aliphatic rings. The summed E-state index contributed by atoms with van der Waals surface area (Å²) in [5.74, 6) is 1.05. The lowest BCUT2D eigenvalue weighted by Gasteiger charge is -2.43. The van der Waals surface area contributed by atoms with E-state index in [0.717, 1.165) is 29.0 Å². The van der Waals surface area contributed by atoms with Gasteiger partial charge in [-0.2, -0.15) is 0 Å². The first-order valence-electron chi connectivity index (χ1n) is 11.0. The summed E-state index contributed by atoms with van der Waals surface area (Å²) in [4.78, 5) is 20.9. The summed E-state index contributed by atoms with van der Waals surface area (Å²) < 4.78 is 17.4. The quantitative estimate of drug-likeness (QED) is 0.478. The number of carboxylic acid groups (broad SMARTS) is 1. The van der Waals surface area contributed by atoms with Crippen molar-refractivity contribution in [2.75, 3.05) is 13.2 Å². The molecular weight excluding hydrogens is 408 g/mol. The van der Waals surface area contributed by atoms with E-state index in [2.05, 4.69) is 9.97 Å². The first-order valence-corrected chi connectivity index (χ1v) is 11.0. The highest BCUT2D eigenvalue weighted by Crippen LogP contribution is 2.52. The summed E-state index contributed by atoms with van der Waals surface area (Å²) in [6.45, 7) is 4.62. The molecule has 1 saturated carbocycles. The van der Waals surface area contributed by atoms with Crippen LogP contribution in [0.25, 0.3) is 11.5 Å². The average molecular weight is 437 g/mol. The number of nitrogens with zero attached hydrogens (tertiary/aromatic N) is 2. The zero-order valence-corrected chi connectivity index (χ0v) is 18.4. The molecule has 1 atom stereocenters. The fourth-order valence-electron chi connectivity index (χ4n) is 4.14. The minimum absolute atomic E-state index is 0.405.